The second-order valence-corrected chi connectivity index (χ2v) is 11.3. The van der Waals surface area contributed by atoms with Crippen molar-refractivity contribution in [1.29, 1.82) is 0 Å². The molecule has 2 N–H and O–H groups in total. The van der Waals surface area contributed by atoms with Crippen molar-refractivity contribution in [2.45, 2.75) is 71.7 Å². The number of rotatable bonds is 10. The molecule has 9 nitrogen and oxygen atoms in total. The molecule has 0 saturated carbocycles. The number of carbonyl (C=O) groups is 1. The van der Waals surface area contributed by atoms with Gasteiger partial charge in [0.25, 0.3) is 5.56 Å². The first-order valence-corrected chi connectivity index (χ1v) is 14.2. The van der Waals surface area contributed by atoms with Crippen LogP contribution in [-0.4, -0.2) is 59.1 Å². The molecule has 4 heterocycles. The molecule has 1 aromatic carbocycles. The largest absolute Gasteiger partial charge is 0.459 e. The van der Waals surface area contributed by atoms with E-state index < -0.39 is 0 Å². The third-order valence-electron chi connectivity index (χ3n) is 7.66. The van der Waals surface area contributed by atoms with E-state index in [-0.39, 0.29) is 23.7 Å². The van der Waals surface area contributed by atoms with Gasteiger partial charge in [-0.1, -0.05) is 19.9 Å². The lowest BCUT2D eigenvalue weighted by Gasteiger charge is -2.23. The van der Waals surface area contributed by atoms with Gasteiger partial charge in [0.1, 0.15) is 18.0 Å². The average Bonchev–Trinajstić information content (AvgIpc) is 3.56. The van der Waals surface area contributed by atoms with Gasteiger partial charge in [-0.05, 0) is 61.8 Å². The molecule has 2 fully saturated rings. The molecule has 2 atom stereocenters. The number of fused-ring (bicyclic) bond motifs is 1. The Balaban J connectivity index is 1.39. The maximum atomic E-state index is 12.9. The number of aromatic amines is 1. The number of nitrogens with one attached hydrogen (secondary N) is 2. The number of pyridine rings is 1. The molecule has 0 aliphatic carbocycles. The Hall–Kier alpha value is -3.01. The zero-order chi connectivity index (χ0) is 27.4. The Labute approximate surface area is 229 Å². The van der Waals surface area contributed by atoms with Crippen molar-refractivity contribution in [3.05, 3.63) is 51.9 Å². The molecule has 2 aliphatic rings. The number of hydrogen-bond donors (Lipinski definition) is 2. The van der Waals surface area contributed by atoms with Crippen molar-refractivity contribution in [2.24, 2.45) is 11.8 Å². The molecule has 39 heavy (non-hydrogen) atoms. The Kier molecular flexibility index (Phi) is 8.79. The van der Waals surface area contributed by atoms with Crippen LogP contribution in [0.1, 0.15) is 50.7 Å². The smallest absolute Gasteiger partial charge is 0.323 e. The van der Waals surface area contributed by atoms with Crippen molar-refractivity contribution in [2.75, 3.05) is 26.4 Å². The summed E-state index contributed by atoms with van der Waals surface area (Å²) in [5.41, 5.74) is 4.47. The number of ether oxygens (including phenoxy) is 3. The first kappa shape index (κ1) is 27.6. The maximum absolute atomic E-state index is 12.9. The predicted octanol–water partition coefficient (Wildman–Crippen LogP) is 3.96. The fourth-order valence-corrected chi connectivity index (χ4v) is 5.43. The minimum atomic E-state index is -0.382. The SMILES string of the molecule is Cc1cc(-c2nc3cc(CNC(CC(C)C)C(=O)OC4CCOC4)ccc3n2CC2CCOCC2)c[nH]c1=O. The molecule has 0 bridgehead atoms. The number of esters is 1. The van der Waals surface area contributed by atoms with E-state index in [1.54, 1.807) is 6.20 Å². The molecule has 210 valence electrons. The van der Waals surface area contributed by atoms with Crippen molar-refractivity contribution >= 4 is 17.0 Å². The second kappa shape index (κ2) is 12.4. The van der Waals surface area contributed by atoms with Gasteiger partial charge >= 0.3 is 5.97 Å². The van der Waals surface area contributed by atoms with Gasteiger partial charge in [-0.25, -0.2) is 4.98 Å². The molecule has 0 amide bonds. The van der Waals surface area contributed by atoms with Crippen LogP contribution < -0.4 is 10.9 Å². The van der Waals surface area contributed by atoms with Crippen LogP contribution in [-0.2, 0) is 32.1 Å². The fourth-order valence-electron chi connectivity index (χ4n) is 5.43. The third kappa shape index (κ3) is 6.77. The number of aryl methyl sites for hydroxylation is 1. The summed E-state index contributed by atoms with van der Waals surface area (Å²) in [7, 11) is 0. The molecule has 9 heteroatoms. The van der Waals surface area contributed by atoms with E-state index in [0.29, 0.717) is 43.6 Å². The number of carbonyl (C=O) groups excluding carboxylic acids is 1. The number of benzene rings is 1. The van der Waals surface area contributed by atoms with Gasteiger partial charge < -0.3 is 29.1 Å². The van der Waals surface area contributed by atoms with Crippen LogP contribution in [0.25, 0.3) is 22.4 Å². The van der Waals surface area contributed by atoms with Crippen LogP contribution in [0.5, 0.6) is 0 Å². The Bertz CT molecular complexity index is 1330. The monoisotopic (exact) mass is 536 g/mol. The number of H-pyrrole nitrogens is 1. The van der Waals surface area contributed by atoms with Crippen LogP contribution in [0.3, 0.4) is 0 Å². The van der Waals surface area contributed by atoms with E-state index in [1.807, 2.05) is 13.0 Å². The van der Waals surface area contributed by atoms with E-state index in [0.717, 1.165) is 67.0 Å². The minimum absolute atomic E-state index is 0.0888. The van der Waals surface area contributed by atoms with E-state index in [2.05, 4.69) is 46.9 Å². The van der Waals surface area contributed by atoms with Crippen LogP contribution >= 0.6 is 0 Å². The summed E-state index contributed by atoms with van der Waals surface area (Å²) in [6, 6.07) is 7.83. The van der Waals surface area contributed by atoms with Gasteiger partial charge in [-0.2, -0.15) is 0 Å². The summed E-state index contributed by atoms with van der Waals surface area (Å²) in [4.78, 5) is 32.8. The van der Waals surface area contributed by atoms with Gasteiger partial charge in [-0.3, -0.25) is 9.59 Å². The summed E-state index contributed by atoms with van der Waals surface area (Å²) in [6.45, 7) is 10.1. The normalized spacial score (nSPS) is 19.1. The summed E-state index contributed by atoms with van der Waals surface area (Å²) in [6.07, 6.45) is 5.09. The maximum Gasteiger partial charge on any atom is 0.323 e. The number of hydrogen-bond acceptors (Lipinski definition) is 7. The predicted molar refractivity (Wildman–Crippen MR) is 149 cm³/mol. The Morgan fingerprint density at radius 3 is 2.69 bits per heavy atom. The van der Waals surface area contributed by atoms with Crippen molar-refractivity contribution in [1.82, 2.24) is 19.9 Å². The molecule has 0 radical (unpaired) electrons. The molecule has 3 aromatic rings. The van der Waals surface area contributed by atoms with Gasteiger partial charge in [0.2, 0.25) is 0 Å². The second-order valence-electron chi connectivity index (χ2n) is 11.3. The van der Waals surface area contributed by atoms with Gasteiger partial charge in [0, 0.05) is 50.0 Å². The fraction of sp³-hybridized carbons (Fsp3) is 0.567. The van der Waals surface area contributed by atoms with E-state index in [9.17, 15) is 9.59 Å². The standard InChI is InChI=1S/C30H40N4O5/c1-19(2)12-26(30(36)39-24-8-11-38-18-24)31-15-22-4-5-27-25(14-22)33-28(23-13-20(3)29(35)32-16-23)34(27)17-21-6-9-37-10-7-21/h4-5,13-14,16,19,21,24,26,31H,6-12,15,17-18H2,1-3H3,(H,32,35). The third-order valence-corrected chi connectivity index (χ3v) is 7.66. The highest BCUT2D eigenvalue weighted by atomic mass is 16.6. The summed E-state index contributed by atoms with van der Waals surface area (Å²) >= 11 is 0. The quantitative estimate of drug-likeness (QED) is 0.378. The molecule has 5 rings (SSSR count). The lowest BCUT2D eigenvalue weighted by atomic mass is 10.00. The van der Waals surface area contributed by atoms with Crippen LogP contribution in [0, 0.1) is 18.8 Å². The lowest BCUT2D eigenvalue weighted by Crippen LogP contribution is -2.40. The van der Waals surface area contributed by atoms with Crippen LogP contribution in [0.15, 0.2) is 35.3 Å². The molecule has 2 aromatic heterocycles. The van der Waals surface area contributed by atoms with E-state index >= 15 is 0 Å². The molecule has 0 spiro atoms. The zero-order valence-electron chi connectivity index (χ0n) is 23.2. The lowest BCUT2D eigenvalue weighted by molar-refractivity contribution is -0.152. The summed E-state index contributed by atoms with van der Waals surface area (Å²) in [5.74, 6) is 1.49. The van der Waals surface area contributed by atoms with E-state index in [1.165, 1.54) is 0 Å². The van der Waals surface area contributed by atoms with Crippen LogP contribution in [0.2, 0.25) is 0 Å². The average molecular weight is 537 g/mol. The number of nitrogens with zero attached hydrogens (tertiary/aromatic N) is 2. The van der Waals surface area contributed by atoms with Crippen LogP contribution in [0.4, 0.5) is 0 Å². The molecular formula is C30H40N4O5. The van der Waals surface area contributed by atoms with Gasteiger partial charge in [0.05, 0.1) is 24.2 Å². The van der Waals surface area contributed by atoms with Gasteiger partial charge in [-0.15, -0.1) is 0 Å². The van der Waals surface area contributed by atoms with Crippen molar-refractivity contribution in [3.63, 3.8) is 0 Å². The Morgan fingerprint density at radius 2 is 1.97 bits per heavy atom. The first-order valence-electron chi connectivity index (χ1n) is 14.2. The van der Waals surface area contributed by atoms with Crippen molar-refractivity contribution in [3.8, 4) is 11.4 Å². The highest BCUT2D eigenvalue weighted by molar-refractivity contribution is 5.81. The topological polar surface area (TPSA) is 107 Å². The minimum Gasteiger partial charge on any atom is -0.459 e. The first-order chi connectivity index (χ1) is 18.9. The summed E-state index contributed by atoms with van der Waals surface area (Å²) in [5, 5.41) is 3.43. The number of imidazole rings is 1. The molecule has 2 saturated heterocycles. The molecule has 2 aliphatic heterocycles. The van der Waals surface area contributed by atoms with E-state index in [4.69, 9.17) is 19.2 Å². The highest BCUT2D eigenvalue weighted by Gasteiger charge is 2.27. The molecule has 2 unspecified atom stereocenters. The zero-order valence-corrected chi connectivity index (χ0v) is 23.2. The van der Waals surface area contributed by atoms with Gasteiger partial charge in [0.15, 0.2) is 0 Å². The van der Waals surface area contributed by atoms with Crippen molar-refractivity contribution < 1.29 is 19.0 Å². The summed E-state index contributed by atoms with van der Waals surface area (Å²) < 4.78 is 18.9. The number of aromatic nitrogens is 3. The Morgan fingerprint density at radius 1 is 1.18 bits per heavy atom. The highest BCUT2D eigenvalue weighted by Crippen LogP contribution is 2.29. The molecular weight excluding hydrogens is 496 g/mol.